The molecule has 0 aliphatic carbocycles. The molecule has 0 fully saturated rings. The largest absolute Gasteiger partial charge is 0.207 e. The number of hydrogen-bond donors (Lipinski definition) is 0. The third-order valence-electron chi connectivity index (χ3n) is 2.26. The van der Waals surface area contributed by atoms with Gasteiger partial charge in [-0.25, -0.2) is 4.39 Å². The fourth-order valence-corrected chi connectivity index (χ4v) is 1.57. The molecule has 0 saturated carbocycles. The first-order chi connectivity index (χ1) is 8.11. The quantitative estimate of drug-likeness (QED) is 0.659. The molecule has 1 aromatic rings. The van der Waals surface area contributed by atoms with Gasteiger partial charge in [0.15, 0.2) is 0 Å². The van der Waals surface area contributed by atoms with E-state index < -0.39 is 0 Å². The maximum Gasteiger partial charge on any atom is 0.123 e. The Labute approximate surface area is 107 Å². The van der Waals surface area contributed by atoms with Crippen molar-refractivity contribution in [2.24, 2.45) is 0 Å². The van der Waals surface area contributed by atoms with Crippen LogP contribution in [0.25, 0.3) is 0 Å². The molecule has 0 aromatic heterocycles. The Kier molecular flexibility index (Phi) is 5.71. The lowest BCUT2D eigenvalue weighted by atomic mass is 10.1. The second-order valence-corrected chi connectivity index (χ2v) is 4.23. The lowest BCUT2D eigenvalue weighted by Crippen LogP contribution is -1.82. The highest BCUT2D eigenvalue weighted by Crippen LogP contribution is 2.09. The minimum absolute atomic E-state index is 0.194. The number of allylic oxidation sites excluding steroid dienone is 6. The van der Waals surface area contributed by atoms with Crippen LogP contribution in [-0.4, -0.2) is 0 Å². The molecule has 0 amide bonds. The van der Waals surface area contributed by atoms with Crippen LogP contribution in [0.2, 0.25) is 0 Å². The maximum atomic E-state index is 12.9. The molecule has 0 radical (unpaired) electrons. The number of benzene rings is 1. The predicted octanol–water partition coefficient (Wildman–Crippen LogP) is 5.01. The highest BCUT2D eigenvalue weighted by Gasteiger charge is 1.92. The molecule has 0 aliphatic heterocycles. The van der Waals surface area contributed by atoms with Crippen molar-refractivity contribution in [2.45, 2.75) is 20.3 Å². The minimum atomic E-state index is -0.194. The van der Waals surface area contributed by atoms with Gasteiger partial charge in [-0.1, -0.05) is 42.0 Å². The molecule has 0 atom stereocenters. The summed E-state index contributed by atoms with van der Waals surface area (Å²) >= 11 is 5.88. The predicted molar refractivity (Wildman–Crippen MR) is 72.6 cm³/mol. The van der Waals surface area contributed by atoms with Crippen LogP contribution in [0, 0.1) is 5.82 Å². The SMILES string of the molecule is C/C=C(Cl)/C=C(C)\C=C/Cc1cccc(F)c1. The van der Waals surface area contributed by atoms with E-state index in [2.05, 4.69) is 0 Å². The van der Waals surface area contributed by atoms with Gasteiger partial charge in [-0.3, -0.25) is 0 Å². The van der Waals surface area contributed by atoms with Crippen molar-refractivity contribution in [3.05, 3.63) is 70.6 Å². The molecule has 0 nitrogen and oxygen atoms in total. The molecule has 0 aliphatic rings. The van der Waals surface area contributed by atoms with E-state index in [4.69, 9.17) is 11.6 Å². The van der Waals surface area contributed by atoms with E-state index in [-0.39, 0.29) is 5.82 Å². The first kappa shape index (κ1) is 13.7. The van der Waals surface area contributed by atoms with Crippen LogP contribution >= 0.6 is 11.6 Å². The Morgan fingerprint density at radius 2 is 2.18 bits per heavy atom. The van der Waals surface area contributed by atoms with Crippen molar-refractivity contribution < 1.29 is 4.39 Å². The Balaban J connectivity index is 2.59. The van der Waals surface area contributed by atoms with Crippen LogP contribution in [0.1, 0.15) is 19.4 Å². The topological polar surface area (TPSA) is 0 Å². The van der Waals surface area contributed by atoms with Crippen molar-refractivity contribution in [1.82, 2.24) is 0 Å². The number of hydrogen-bond acceptors (Lipinski definition) is 0. The Morgan fingerprint density at radius 3 is 2.82 bits per heavy atom. The van der Waals surface area contributed by atoms with Crippen LogP contribution in [0.4, 0.5) is 4.39 Å². The van der Waals surface area contributed by atoms with E-state index in [0.29, 0.717) is 0 Å². The summed E-state index contributed by atoms with van der Waals surface area (Å²) in [7, 11) is 0. The highest BCUT2D eigenvalue weighted by atomic mass is 35.5. The van der Waals surface area contributed by atoms with Gasteiger partial charge in [0.2, 0.25) is 0 Å². The Hall–Kier alpha value is -1.34. The summed E-state index contributed by atoms with van der Waals surface area (Å²) in [5.74, 6) is -0.194. The van der Waals surface area contributed by atoms with Crippen molar-refractivity contribution in [3.8, 4) is 0 Å². The molecule has 1 rings (SSSR count). The lowest BCUT2D eigenvalue weighted by molar-refractivity contribution is 0.626. The molecular weight excluding hydrogens is 235 g/mol. The van der Waals surface area contributed by atoms with E-state index in [1.807, 2.05) is 44.2 Å². The summed E-state index contributed by atoms with van der Waals surface area (Å²) in [5, 5.41) is 0.720. The standard InChI is InChI=1S/C15H16ClF/c1-3-14(16)10-12(2)6-4-7-13-8-5-9-15(17)11-13/h3-6,8-11H,7H2,1-2H3/b6-4-,12-10-,14-3-. The molecule has 17 heavy (non-hydrogen) atoms. The van der Waals surface area contributed by atoms with E-state index in [9.17, 15) is 4.39 Å². The zero-order chi connectivity index (χ0) is 12.7. The van der Waals surface area contributed by atoms with Crippen LogP contribution in [0.15, 0.2) is 59.2 Å². The van der Waals surface area contributed by atoms with E-state index in [0.717, 1.165) is 22.6 Å². The molecule has 90 valence electrons. The molecule has 1 aromatic carbocycles. The van der Waals surface area contributed by atoms with Gasteiger partial charge in [0.05, 0.1) is 0 Å². The lowest BCUT2D eigenvalue weighted by Gasteiger charge is -1.96. The highest BCUT2D eigenvalue weighted by molar-refractivity contribution is 6.31. The average Bonchev–Trinajstić information content (AvgIpc) is 2.29. The minimum Gasteiger partial charge on any atom is -0.207 e. The van der Waals surface area contributed by atoms with Crippen LogP contribution in [0.5, 0.6) is 0 Å². The van der Waals surface area contributed by atoms with Crippen molar-refractivity contribution in [3.63, 3.8) is 0 Å². The van der Waals surface area contributed by atoms with Gasteiger partial charge in [-0.15, -0.1) is 0 Å². The van der Waals surface area contributed by atoms with Gasteiger partial charge in [-0.05, 0) is 49.6 Å². The molecule has 0 spiro atoms. The Bertz CT molecular complexity index is 456. The average molecular weight is 251 g/mol. The maximum absolute atomic E-state index is 12.9. The van der Waals surface area contributed by atoms with E-state index >= 15 is 0 Å². The zero-order valence-electron chi connectivity index (χ0n) is 10.1. The summed E-state index contributed by atoms with van der Waals surface area (Å²) < 4.78 is 12.9. The van der Waals surface area contributed by atoms with Crippen LogP contribution in [0.3, 0.4) is 0 Å². The first-order valence-electron chi connectivity index (χ1n) is 5.53. The van der Waals surface area contributed by atoms with Crippen molar-refractivity contribution in [1.29, 1.82) is 0 Å². The summed E-state index contributed by atoms with van der Waals surface area (Å²) in [6.07, 6.45) is 8.43. The molecular formula is C15H16ClF. The Morgan fingerprint density at radius 1 is 1.41 bits per heavy atom. The van der Waals surface area contributed by atoms with Crippen molar-refractivity contribution in [2.75, 3.05) is 0 Å². The smallest absolute Gasteiger partial charge is 0.123 e. The van der Waals surface area contributed by atoms with Crippen molar-refractivity contribution >= 4 is 11.6 Å². The third-order valence-corrected chi connectivity index (χ3v) is 2.59. The van der Waals surface area contributed by atoms with Crippen LogP contribution < -0.4 is 0 Å². The van der Waals surface area contributed by atoms with E-state index in [1.165, 1.54) is 6.07 Å². The number of halogens is 2. The second-order valence-electron chi connectivity index (χ2n) is 3.80. The molecule has 0 unspecified atom stereocenters. The van der Waals surface area contributed by atoms with Gasteiger partial charge in [-0.2, -0.15) is 0 Å². The molecule has 0 bridgehead atoms. The summed E-state index contributed by atoms with van der Waals surface area (Å²) in [5.41, 5.74) is 2.04. The fraction of sp³-hybridized carbons (Fsp3) is 0.200. The summed E-state index contributed by atoms with van der Waals surface area (Å²) in [6.45, 7) is 3.87. The summed E-state index contributed by atoms with van der Waals surface area (Å²) in [4.78, 5) is 0. The zero-order valence-corrected chi connectivity index (χ0v) is 10.8. The molecule has 0 heterocycles. The molecule has 2 heteroatoms. The monoisotopic (exact) mass is 250 g/mol. The van der Waals surface area contributed by atoms with Gasteiger partial charge in [0.1, 0.15) is 5.82 Å². The third kappa shape index (κ3) is 5.50. The van der Waals surface area contributed by atoms with Gasteiger partial charge in [0.25, 0.3) is 0 Å². The van der Waals surface area contributed by atoms with Gasteiger partial charge < -0.3 is 0 Å². The number of rotatable bonds is 4. The summed E-state index contributed by atoms with van der Waals surface area (Å²) in [6, 6.07) is 6.62. The fourth-order valence-electron chi connectivity index (χ4n) is 1.39. The van der Waals surface area contributed by atoms with Gasteiger partial charge in [0, 0.05) is 5.03 Å². The normalized spacial score (nSPS) is 13.4. The molecule has 0 N–H and O–H groups in total. The van der Waals surface area contributed by atoms with E-state index in [1.54, 1.807) is 12.1 Å². The van der Waals surface area contributed by atoms with Gasteiger partial charge >= 0.3 is 0 Å². The second kappa shape index (κ2) is 7.08. The molecule has 0 saturated heterocycles. The van der Waals surface area contributed by atoms with Crippen LogP contribution in [-0.2, 0) is 6.42 Å². The first-order valence-corrected chi connectivity index (χ1v) is 5.90.